The highest BCUT2D eigenvalue weighted by Crippen LogP contribution is 2.21. The minimum absolute atomic E-state index is 0.0938. The summed E-state index contributed by atoms with van der Waals surface area (Å²) in [7, 11) is 1.79. The Labute approximate surface area is 117 Å². The van der Waals surface area contributed by atoms with Gasteiger partial charge in [-0.3, -0.25) is 0 Å². The Kier molecular flexibility index (Phi) is 4.06. The lowest BCUT2D eigenvalue weighted by molar-refractivity contribution is 0.873. The van der Waals surface area contributed by atoms with Crippen molar-refractivity contribution in [2.75, 3.05) is 23.4 Å². The molecule has 2 aromatic rings. The van der Waals surface area contributed by atoms with E-state index in [4.69, 9.17) is 17.3 Å². The molecule has 19 heavy (non-hydrogen) atoms. The number of rotatable bonds is 4. The molecule has 0 aliphatic heterocycles. The third-order valence-corrected chi connectivity index (χ3v) is 2.99. The second kappa shape index (κ2) is 5.75. The van der Waals surface area contributed by atoms with Gasteiger partial charge in [0, 0.05) is 24.2 Å². The summed E-state index contributed by atoms with van der Waals surface area (Å²) >= 11 is 5.87. The van der Waals surface area contributed by atoms with E-state index < -0.39 is 0 Å². The summed E-state index contributed by atoms with van der Waals surface area (Å²) < 4.78 is 0. The van der Waals surface area contributed by atoms with Crippen LogP contribution in [0.4, 0.5) is 17.6 Å². The number of anilines is 3. The third kappa shape index (κ3) is 3.48. The van der Waals surface area contributed by atoms with Crippen LogP contribution in [0.15, 0.2) is 30.3 Å². The van der Waals surface area contributed by atoms with Crippen LogP contribution in [0.3, 0.4) is 0 Å². The molecule has 0 bridgehead atoms. The van der Waals surface area contributed by atoms with E-state index in [9.17, 15) is 0 Å². The molecule has 1 unspecified atom stereocenters. The molecule has 0 amide bonds. The molecule has 0 saturated heterocycles. The molecule has 6 heteroatoms. The molecule has 1 heterocycles. The van der Waals surface area contributed by atoms with E-state index in [2.05, 4.69) is 20.6 Å². The van der Waals surface area contributed by atoms with Crippen molar-refractivity contribution < 1.29 is 0 Å². The maximum absolute atomic E-state index is 5.87. The van der Waals surface area contributed by atoms with Crippen LogP contribution in [0.2, 0.25) is 5.02 Å². The molecule has 0 saturated carbocycles. The molecule has 0 aliphatic rings. The van der Waals surface area contributed by atoms with Crippen molar-refractivity contribution in [2.24, 2.45) is 0 Å². The summed E-state index contributed by atoms with van der Waals surface area (Å²) in [6, 6.07) is 9.58. The molecule has 0 fully saturated rings. The van der Waals surface area contributed by atoms with E-state index in [1.807, 2.05) is 37.3 Å². The first kappa shape index (κ1) is 13.4. The summed E-state index contributed by atoms with van der Waals surface area (Å²) in [6.45, 7) is 2.04. The predicted octanol–water partition coefficient (Wildman–Crippen LogP) is 2.93. The maximum atomic E-state index is 5.87. The van der Waals surface area contributed by atoms with Crippen molar-refractivity contribution in [2.45, 2.75) is 13.0 Å². The van der Waals surface area contributed by atoms with Crippen LogP contribution in [0, 0.1) is 0 Å². The van der Waals surface area contributed by atoms with Gasteiger partial charge < -0.3 is 16.4 Å². The molecule has 1 aromatic heterocycles. The van der Waals surface area contributed by atoms with E-state index >= 15 is 0 Å². The van der Waals surface area contributed by atoms with Crippen LogP contribution < -0.4 is 16.4 Å². The molecule has 0 aliphatic carbocycles. The lowest BCUT2D eigenvalue weighted by Gasteiger charge is -2.15. The normalized spacial score (nSPS) is 11.9. The first-order valence-electron chi connectivity index (χ1n) is 5.93. The molecule has 0 radical (unpaired) electrons. The van der Waals surface area contributed by atoms with Gasteiger partial charge in [0.25, 0.3) is 0 Å². The zero-order valence-corrected chi connectivity index (χ0v) is 11.6. The highest BCUT2D eigenvalue weighted by Gasteiger charge is 2.07. The molecule has 5 nitrogen and oxygen atoms in total. The van der Waals surface area contributed by atoms with Crippen LogP contribution >= 0.6 is 11.6 Å². The monoisotopic (exact) mass is 277 g/mol. The summed E-state index contributed by atoms with van der Waals surface area (Å²) in [6.07, 6.45) is 0. The van der Waals surface area contributed by atoms with Crippen molar-refractivity contribution in [1.29, 1.82) is 0 Å². The number of benzene rings is 1. The standard InChI is InChI=1S/C13H16ClN5/c1-8(9-3-5-10(14)6-4-9)17-12-7-11(16-2)18-13(15)19-12/h3-8H,1-2H3,(H4,15,16,17,18,19). The van der Waals surface area contributed by atoms with E-state index in [-0.39, 0.29) is 12.0 Å². The van der Waals surface area contributed by atoms with Gasteiger partial charge in [0.2, 0.25) is 5.95 Å². The Hall–Kier alpha value is -2.01. The number of nitrogen functional groups attached to an aromatic ring is 1. The fraction of sp³-hybridized carbons (Fsp3) is 0.231. The minimum atomic E-state index is 0.0938. The topological polar surface area (TPSA) is 75.9 Å². The van der Waals surface area contributed by atoms with Gasteiger partial charge in [-0.15, -0.1) is 0 Å². The number of hydrogen-bond donors (Lipinski definition) is 3. The summed E-state index contributed by atoms with van der Waals surface area (Å²) in [5.41, 5.74) is 6.77. The van der Waals surface area contributed by atoms with E-state index in [1.54, 1.807) is 7.05 Å². The first-order chi connectivity index (χ1) is 9.08. The SMILES string of the molecule is CNc1cc(NC(C)c2ccc(Cl)cc2)nc(N)n1. The quantitative estimate of drug-likeness (QED) is 0.801. The number of nitrogens with zero attached hydrogens (tertiary/aromatic N) is 2. The average Bonchev–Trinajstić information content (AvgIpc) is 2.38. The summed E-state index contributed by atoms with van der Waals surface area (Å²) in [4.78, 5) is 8.20. The van der Waals surface area contributed by atoms with Crippen molar-refractivity contribution in [3.63, 3.8) is 0 Å². The Morgan fingerprint density at radius 2 is 1.79 bits per heavy atom. The fourth-order valence-corrected chi connectivity index (χ4v) is 1.85. The van der Waals surface area contributed by atoms with Gasteiger partial charge in [0.1, 0.15) is 11.6 Å². The van der Waals surface area contributed by atoms with Gasteiger partial charge in [0.15, 0.2) is 0 Å². The highest BCUT2D eigenvalue weighted by molar-refractivity contribution is 6.30. The number of nitrogens with one attached hydrogen (secondary N) is 2. The molecular formula is C13H16ClN5. The molecule has 1 atom stereocenters. The third-order valence-electron chi connectivity index (χ3n) is 2.73. The first-order valence-corrected chi connectivity index (χ1v) is 6.30. The fourth-order valence-electron chi connectivity index (χ4n) is 1.72. The van der Waals surface area contributed by atoms with Crippen LogP contribution in [0.5, 0.6) is 0 Å². The molecule has 1 aromatic carbocycles. The van der Waals surface area contributed by atoms with Gasteiger partial charge in [0.05, 0.1) is 0 Å². The Morgan fingerprint density at radius 1 is 1.16 bits per heavy atom. The van der Waals surface area contributed by atoms with E-state index in [1.165, 1.54) is 0 Å². The van der Waals surface area contributed by atoms with Crippen molar-refractivity contribution in [3.8, 4) is 0 Å². The minimum Gasteiger partial charge on any atom is -0.373 e. The zero-order valence-electron chi connectivity index (χ0n) is 10.8. The summed E-state index contributed by atoms with van der Waals surface area (Å²) in [5.74, 6) is 1.59. The molecule has 0 spiro atoms. The number of hydrogen-bond acceptors (Lipinski definition) is 5. The van der Waals surface area contributed by atoms with Crippen LogP contribution in [-0.2, 0) is 0 Å². The van der Waals surface area contributed by atoms with E-state index in [0.717, 1.165) is 10.6 Å². The van der Waals surface area contributed by atoms with Gasteiger partial charge >= 0.3 is 0 Å². The van der Waals surface area contributed by atoms with Gasteiger partial charge in [-0.1, -0.05) is 23.7 Å². The van der Waals surface area contributed by atoms with E-state index in [0.29, 0.717) is 11.6 Å². The highest BCUT2D eigenvalue weighted by atomic mass is 35.5. The number of halogens is 1. The maximum Gasteiger partial charge on any atom is 0.223 e. The van der Waals surface area contributed by atoms with Gasteiger partial charge in [-0.25, -0.2) is 0 Å². The van der Waals surface area contributed by atoms with Crippen molar-refractivity contribution >= 4 is 29.2 Å². The Morgan fingerprint density at radius 3 is 2.42 bits per heavy atom. The molecule has 100 valence electrons. The molecule has 2 rings (SSSR count). The van der Waals surface area contributed by atoms with Crippen molar-refractivity contribution in [1.82, 2.24) is 9.97 Å². The molecular weight excluding hydrogens is 262 g/mol. The van der Waals surface area contributed by atoms with Gasteiger partial charge in [-0.05, 0) is 24.6 Å². The Balaban J connectivity index is 2.16. The number of nitrogens with two attached hydrogens (primary N) is 1. The van der Waals surface area contributed by atoms with Gasteiger partial charge in [-0.2, -0.15) is 9.97 Å². The second-order valence-corrected chi connectivity index (χ2v) is 4.60. The summed E-state index contributed by atoms with van der Waals surface area (Å²) in [5, 5.41) is 6.94. The zero-order chi connectivity index (χ0) is 13.8. The average molecular weight is 278 g/mol. The van der Waals surface area contributed by atoms with Crippen molar-refractivity contribution in [3.05, 3.63) is 40.9 Å². The second-order valence-electron chi connectivity index (χ2n) is 4.16. The predicted molar refractivity (Wildman–Crippen MR) is 79.5 cm³/mol. The van der Waals surface area contributed by atoms with Crippen LogP contribution in [0.1, 0.15) is 18.5 Å². The smallest absolute Gasteiger partial charge is 0.223 e. The Bertz CT molecular complexity index is 555. The van der Waals surface area contributed by atoms with Crippen LogP contribution in [-0.4, -0.2) is 17.0 Å². The lowest BCUT2D eigenvalue weighted by atomic mass is 10.1. The number of aromatic nitrogens is 2. The van der Waals surface area contributed by atoms with Crippen LogP contribution in [0.25, 0.3) is 0 Å². The lowest BCUT2D eigenvalue weighted by Crippen LogP contribution is -2.10. The molecule has 4 N–H and O–H groups in total. The largest absolute Gasteiger partial charge is 0.373 e.